The molecule has 23 heavy (non-hydrogen) atoms. The lowest BCUT2D eigenvalue weighted by Gasteiger charge is -2.18. The minimum atomic E-state index is 0.620. The van der Waals surface area contributed by atoms with Crippen molar-refractivity contribution in [3.63, 3.8) is 0 Å². The van der Waals surface area contributed by atoms with Crippen LogP contribution in [0.1, 0.15) is 11.3 Å². The average Bonchev–Trinajstić information content (AvgIpc) is 2.95. The van der Waals surface area contributed by atoms with Gasteiger partial charge in [-0.2, -0.15) is 5.26 Å². The summed E-state index contributed by atoms with van der Waals surface area (Å²) in [4.78, 5) is 6.75. The molecule has 1 aromatic heterocycles. The Bertz CT molecular complexity index is 657. The number of nitriles is 1. The highest BCUT2D eigenvalue weighted by Gasteiger charge is 2.14. The number of methoxy groups -OCH3 is 1. The maximum absolute atomic E-state index is 8.93. The van der Waals surface area contributed by atoms with Crippen LogP contribution < -0.4 is 5.73 Å². The average molecular weight is 313 g/mol. The van der Waals surface area contributed by atoms with Crippen molar-refractivity contribution in [3.8, 4) is 17.3 Å². The summed E-state index contributed by atoms with van der Waals surface area (Å²) in [6, 6.07) is 9.65. The van der Waals surface area contributed by atoms with E-state index in [2.05, 4.69) is 20.5 Å². The van der Waals surface area contributed by atoms with Crippen molar-refractivity contribution >= 4 is 0 Å². The van der Waals surface area contributed by atoms with E-state index in [0.717, 1.165) is 36.6 Å². The Balaban J connectivity index is 2.33. The number of ether oxygens (including phenoxy) is 1. The van der Waals surface area contributed by atoms with Crippen molar-refractivity contribution < 1.29 is 4.74 Å². The van der Waals surface area contributed by atoms with Gasteiger partial charge < -0.3 is 15.0 Å². The third-order valence-corrected chi connectivity index (χ3v) is 3.70. The zero-order valence-corrected chi connectivity index (χ0v) is 13.7. The SMILES string of the molecule is COCCn1cnc(-c2ccc(C#N)cc2)c1CN(C)CCN. The number of likely N-dealkylation sites (N-methyl/N-ethyl adjacent to an activating group) is 1. The predicted octanol–water partition coefficient (Wildman–Crippen LogP) is 1.46. The molecule has 0 bridgehead atoms. The normalized spacial score (nSPS) is 10.9. The Labute approximate surface area is 137 Å². The van der Waals surface area contributed by atoms with Gasteiger partial charge in [0.1, 0.15) is 0 Å². The Morgan fingerprint density at radius 1 is 1.35 bits per heavy atom. The fourth-order valence-corrected chi connectivity index (χ4v) is 2.45. The largest absolute Gasteiger partial charge is 0.383 e. The molecule has 0 amide bonds. The highest BCUT2D eigenvalue weighted by atomic mass is 16.5. The van der Waals surface area contributed by atoms with Crippen LogP contribution in [0.15, 0.2) is 30.6 Å². The minimum Gasteiger partial charge on any atom is -0.383 e. The van der Waals surface area contributed by atoms with Gasteiger partial charge in [0.25, 0.3) is 0 Å². The summed E-state index contributed by atoms with van der Waals surface area (Å²) in [5, 5.41) is 8.93. The summed E-state index contributed by atoms with van der Waals surface area (Å²) in [6.07, 6.45) is 1.85. The number of benzene rings is 1. The minimum absolute atomic E-state index is 0.620. The summed E-state index contributed by atoms with van der Waals surface area (Å²) in [5.74, 6) is 0. The van der Waals surface area contributed by atoms with Crippen LogP contribution in [0.2, 0.25) is 0 Å². The molecule has 2 rings (SSSR count). The first kappa shape index (κ1) is 17.2. The molecule has 0 aliphatic carbocycles. The Hall–Kier alpha value is -2.20. The Morgan fingerprint density at radius 2 is 2.09 bits per heavy atom. The molecular weight excluding hydrogens is 290 g/mol. The molecule has 0 saturated carbocycles. The second kappa shape index (κ2) is 8.44. The smallest absolute Gasteiger partial charge is 0.0991 e. The summed E-state index contributed by atoms with van der Waals surface area (Å²) in [7, 11) is 3.74. The molecule has 1 heterocycles. The van der Waals surface area contributed by atoms with Gasteiger partial charge in [-0.3, -0.25) is 4.90 Å². The number of hydrogen-bond acceptors (Lipinski definition) is 5. The van der Waals surface area contributed by atoms with E-state index in [-0.39, 0.29) is 0 Å². The predicted molar refractivity (Wildman–Crippen MR) is 89.6 cm³/mol. The molecule has 2 aromatic rings. The molecule has 2 N–H and O–H groups in total. The van der Waals surface area contributed by atoms with Gasteiger partial charge in [0.05, 0.1) is 36.0 Å². The molecule has 6 heteroatoms. The zero-order chi connectivity index (χ0) is 16.7. The third kappa shape index (κ3) is 4.39. The van der Waals surface area contributed by atoms with Gasteiger partial charge in [0.2, 0.25) is 0 Å². The number of nitrogens with zero attached hydrogens (tertiary/aromatic N) is 4. The highest BCUT2D eigenvalue weighted by molar-refractivity contribution is 5.63. The van der Waals surface area contributed by atoms with Crippen molar-refractivity contribution in [2.45, 2.75) is 13.1 Å². The van der Waals surface area contributed by atoms with Crippen LogP contribution in [0.4, 0.5) is 0 Å². The molecule has 0 fully saturated rings. The van der Waals surface area contributed by atoms with Crippen molar-refractivity contribution in [2.24, 2.45) is 5.73 Å². The third-order valence-electron chi connectivity index (χ3n) is 3.70. The first-order chi connectivity index (χ1) is 11.2. The molecular formula is C17H23N5O. The van der Waals surface area contributed by atoms with E-state index >= 15 is 0 Å². The van der Waals surface area contributed by atoms with Gasteiger partial charge in [-0.05, 0) is 19.2 Å². The fourth-order valence-electron chi connectivity index (χ4n) is 2.45. The van der Waals surface area contributed by atoms with E-state index in [1.807, 2.05) is 37.6 Å². The molecule has 0 saturated heterocycles. The lowest BCUT2D eigenvalue weighted by molar-refractivity contribution is 0.185. The van der Waals surface area contributed by atoms with Crippen LogP contribution in [0.5, 0.6) is 0 Å². The number of aromatic nitrogens is 2. The maximum Gasteiger partial charge on any atom is 0.0991 e. The molecule has 122 valence electrons. The second-order valence-electron chi connectivity index (χ2n) is 5.44. The second-order valence-corrected chi connectivity index (χ2v) is 5.44. The first-order valence-electron chi connectivity index (χ1n) is 7.61. The van der Waals surface area contributed by atoms with Gasteiger partial charge >= 0.3 is 0 Å². The van der Waals surface area contributed by atoms with Crippen LogP contribution in [0.25, 0.3) is 11.3 Å². The Kier molecular flexibility index (Phi) is 6.29. The molecule has 0 unspecified atom stereocenters. The topological polar surface area (TPSA) is 80.1 Å². The van der Waals surface area contributed by atoms with Gasteiger partial charge in [-0.25, -0.2) is 4.98 Å². The molecule has 6 nitrogen and oxygen atoms in total. The van der Waals surface area contributed by atoms with Gasteiger partial charge in [-0.1, -0.05) is 12.1 Å². The number of rotatable bonds is 8. The number of nitrogens with two attached hydrogens (primary N) is 1. The summed E-state index contributed by atoms with van der Waals surface area (Å²) >= 11 is 0. The highest BCUT2D eigenvalue weighted by Crippen LogP contribution is 2.24. The molecule has 0 aliphatic heterocycles. The van der Waals surface area contributed by atoms with E-state index in [1.165, 1.54) is 0 Å². The summed E-state index contributed by atoms with van der Waals surface area (Å²) < 4.78 is 7.30. The van der Waals surface area contributed by atoms with E-state index in [4.69, 9.17) is 15.7 Å². The van der Waals surface area contributed by atoms with E-state index in [9.17, 15) is 0 Å². The first-order valence-corrected chi connectivity index (χ1v) is 7.61. The molecule has 0 spiro atoms. The van der Waals surface area contributed by atoms with Crippen LogP contribution in [0.3, 0.4) is 0 Å². The van der Waals surface area contributed by atoms with Crippen LogP contribution in [-0.2, 0) is 17.8 Å². The maximum atomic E-state index is 8.93. The fraction of sp³-hybridized carbons (Fsp3) is 0.412. The molecule has 0 atom stereocenters. The van der Waals surface area contributed by atoms with Crippen LogP contribution in [0, 0.1) is 11.3 Å². The number of hydrogen-bond donors (Lipinski definition) is 1. The van der Waals surface area contributed by atoms with Gasteiger partial charge in [0.15, 0.2) is 0 Å². The lowest BCUT2D eigenvalue weighted by Crippen LogP contribution is -2.26. The molecule has 1 aromatic carbocycles. The van der Waals surface area contributed by atoms with E-state index < -0.39 is 0 Å². The van der Waals surface area contributed by atoms with Crippen molar-refractivity contribution in [3.05, 3.63) is 41.9 Å². The van der Waals surface area contributed by atoms with Crippen molar-refractivity contribution in [1.82, 2.24) is 14.5 Å². The standard InChI is InChI=1S/C17H23N5O/c1-21(8-7-18)12-16-17(20-13-22(16)9-10-23-2)15-5-3-14(11-19)4-6-15/h3-6,13H,7-10,12,18H2,1-2H3. The quantitative estimate of drug-likeness (QED) is 0.798. The van der Waals surface area contributed by atoms with E-state index in [0.29, 0.717) is 18.7 Å². The number of imidazole rings is 1. The monoisotopic (exact) mass is 313 g/mol. The molecule has 0 radical (unpaired) electrons. The lowest BCUT2D eigenvalue weighted by atomic mass is 10.1. The van der Waals surface area contributed by atoms with Gasteiger partial charge in [-0.15, -0.1) is 0 Å². The van der Waals surface area contributed by atoms with Crippen molar-refractivity contribution in [1.29, 1.82) is 5.26 Å². The van der Waals surface area contributed by atoms with Crippen LogP contribution >= 0.6 is 0 Å². The van der Waals surface area contributed by atoms with E-state index in [1.54, 1.807) is 7.11 Å². The Morgan fingerprint density at radius 3 is 2.70 bits per heavy atom. The zero-order valence-electron chi connectivity index (χ0n) is 13.7. The summed E-state index contributed by atoms with van der Waals surface area (Å²) in [5.41, 5.74) is 9.37. The summed E-state index contributed by atoms with van der Waals surface area (Å²) in [6.45, 7) is 3.59. The van der Waals surface area contributed by atoms with Crippen LogP contribution in [-0.4, -0.2) is 48.3 Å². The molecule has 0 aliphatic rings. The van der Waals surface area contributed by atoms with Crippen molar-refractivity contribution in [2.75, 3.05) is 33.9 Å². The van der Waals surface area contributed by atoms with Gasteiger partial charge in [0, 0.05) is 38.9 Å².